The summed E-state index contributed by atoms with van der Waals surface area (Å²) in [5, 5.41) is 10.8. The first-order valence-corrected chi connectivity index (χ1v) is 11.1. The summed E-state index contributed by atoms with van der Waals surface area (Å²) >= 11 is 0. The molecule has 5 rings (SSSR count). The molecular weight excluding hydrogens is 447 g/mol. The number of fused-ring (bicyclic) bond motifs is 4. The van der Waals surface area contributed by atoms with Gasteiger partial charge in [0, 0.05) is 41.5 Å². The maximum atomic E-state index is 13.5. The van der Waals surface area contributed by atoms with Crippen molar-refractivity contribution in [2.24, 2.45) is 7.05 Å². The van der Waals surface area contributed by atoms with E-state index in [0.717, 1.165) is 12.3 Å². The molecule has 0 atom stereocenters. The molecule has 0 unspecified atom stereocenters. The maximum Gasteiger partial charge on any atom is 0.333 e. The van der Waals surface area contributed by atoms with Crippen molar-refractivity contribution in [2.75, 3.05) is 7.11 Å². The second kappa shape index (κ2) is 7.15. The Bertz CT molecular complexity index is 1830. The summed E-state index contributed by atoms with van der Waals surface area (Å²) in [5.74, 6) is 0.306. The highest BCUT2D eigenvalue weighted by molar-refractivity contribution is 7.86. The molecule has 33 heavy (non-hydrogen) atoms. The predicted molar refractivity (Wildman–Crippen MR) is 121 cm³/mol. The normalized spacial score (nSPS) is 11.8. The Hall–Kier alpha value is -4.23. The molecule has 0 fully saturated rings. The van der Waals surface area contributed by atoms with Gasteiger partial charge in [-0.2, -0.15) is 13.7 Å². The Labute approximate surface area is 186 Å². The standard InChI is InChI=1S/C23H15FN4O4S/c1-28-19-7-16(13-6-14(11-26-10-13)33(24,30)31)20(32-2)8-17(19)22(29)21-15-4-3-12(9-25)5-18(15)27-23(21)28/h3-8,10-11,27H,1-2H3. The number of pyridine rings is 2. The van der Waals surface area contributed by atoms with Crippen LogP contribution in [0.15, 0.2) is 58.5 Å². The lowest BCUT2D eigenvalue weighted by atomic mass is 10.0. The van der Waals surface area contributed by atoms with E-state index >= 15 is 0 Å². The zero-order valence-electron chi connectivity index (χ0n) is 17.4. The number of nitrogens with one attached hydrogen (secondary N) is 1. The van der Waals surface area contributed by atoms with Gasteiger partial charge in [-0.3, -0.25) is 9.78 Å². The molecule has 0 aliphatic rings. The quantitative estimate of drug-likeness (QED) is 0.408. The van der Waals surface area contributed by atoms with Crippen molar-refractivity contribution in [2.45, 2.75) is 4.90 Å². The minimum atomic E-state index is -4.95. The van der Waals surface area contributed by atoms with Crippen LogP contribution in [0.2, 0.25) is 0 Å². The van der Waals surface area contributed by atoms with E-state index in [1.54, 1.807) is 41.9 Å². The third kappa shape index (κ3) is 3.13. The number of methoxy groups -OCH3 is 1. The monoisotopic (exact) mass is 462 g/mol. The van der Waals surface area contributed by atoms with Gasteiger partial charge >= 0.3 is 10.2 Å². The van der Waals surface area contributed by atoms with Gasteiger partial charge < -0.3 is 14.3 Å². The first kappa shape index (κ1) is 20.7. The summed E-state index contributed by atoms with van der Waals surface area (Å²) in [6, 6.07) is 11.6. The number of H-pyrrole nitrogens is 1. The molecule has 0 amide bonds. The van der Waals surface area contributed by atoms with E-state index in [0.29, 0.717) is 55.3 Å². The van der Waals surface area contributed by atoms with Crippen LogP contribution in [-0.4, -0.2) is 30.1 Å². The number of nitrogens with zero attached hydrogens (tertiary/aromatic N) is 3. The Balaban J connectivity index is 1.87. The molecule has 5 aromatic rings. The van der Waals surface area contributed by atoms with Crippen molar-refractivity contribution in [1.82, 2.24) is 14.5 Å². The average Bonchev–Trinajstić information content (AvgIpc) is 3.20. The summed E-state index contributed by atoms with van der Waals surface area (Å²) < 4.78 is 43.5. The Morgan fingerprint density at radius 2 is 1.94 bits per heavy atom. The van der Waals surface area contributed by atoms with Gasteiger partial charge in [-0.15, -0.1) is 3.89 Å². The maximum absolute atomic E-state index is 13.5. The van der Waals surface area contributed by atoms with Gasteiger partial charge in [0.05, 0.1) is 35.0 Å². The number of aryl methyl sites for hydroxylation is 1. The van der Waals surface area contributed by atoms with Gasteiger partial charge in [0.1, 0.15) is 16.3 Å². The molecule has 1 N–H and O–H groups in total. The van der Waals surface area contributed by atoms with Crippen molar-refractivity contribution in [3.8, 4) is 22.9 Å². The van der Waals surface area contributed by atoms with Crippen molar-refractivity contribution < 1.29 is 17.0 Å². The number of aromatic nitrogens is 3. The Kier molecular flexibility index (Phi) is 4.47. The van der Waals surface area contributed by atoms with Crippen LogP contribution in [0, 0.1) is 11.3 Å². The third-order valence-corrected chi connectivity index (χ3v) is 6.49. The number of hydrogen-bond donors (Lipinski definition) is 1. The smallest absolute Gasteiger partial charge is 0.333 e. The van der Waals surface area contributed by atoms with Gasteiger partial charge in [0.25, 0.3) is 0 Å². The largest absolute Gasteiger partial charge is 0.496 e. The highest BCUT2D eigenvalue weighted by atomic mass is 32.3. The fraction of sp³-hybridized carbons (Fsp3) is 0.0870. The number of halogens is 1. The topological polar surface area (TPSA) is 118 Å². The van der Waals surface area contributed by atoms with Gasteiger partial charge in [-0.05, 0) is 30.3 Å². The summed E-state index contributed by atoms with van der Waals surface area (Å²) in [5.41, 5.74) is 2.76. The SMILES string of the molecule is COc1cc2c(=O)c3c4ccc(C#N)cc4[nH]c3n(C)c2cc1-c1cncc(S(=O)(=O)F)c1. The second-order valence-electron chi connectivity index (χ2n) is 7.53. The second-order valence-corrected chi connectivity index (χ2v) is 8.87. The molecule has 0 aliphatic carbocycles. The first-order chi connectivity index (χ1) is 15.7. The predicted octanol–water partition coefficient (Wildman–Crippen LogP) is 3.77. The minimum Gasteiger partial charge on any atom is -0.496 e. The molecule has 8 nitrogen and oxygen atoms in total. The molecule has 3 heterocycles. The van der Waals surface area contributed by atoms with Crippen molar-refractivity contribution in [3.63, 3.8) is 0 Å². The van der Waals surface area contributed by atoms with Crippen molar-refractivity contribution in [3.05, 3.63) is 64.6 Å². The van der Waals surface area contributed by atoms with E-state index in [-0.39, 0.29) is 5.43 Å². The molecule has 0 bridgehead atoms. The first-order valence-electron chi connectivity index (χ1n) is 9.69. The van der Waals surface area contributed by atoms with Gasteiger partial charge in [-0.1, -0.05) is 6.07 Å². The molecule has 0 saturated carbocycles. The minimum absolute atomic E-state index is 0.225. The van der Waals surface area contributed by atoms with Gasteiger partial charge in [0.2, 0.25) is 0 Å². The van der Waals surface area contributed by atoms with Crippen LogP contribution in [0.1, 0.15) is 5.56 Å². The lowest BCUT2D eigenvalue weighted by Crippen LogP contribution is -2.09. The molecule has 3 aromatic heterocycles. The zero-order valence-corrected chi connectivity index (χ0v) is 18.2. The average molecular weight is 462 g/mol. The van der Waals surface area contributed by atoms with Crippen LogP contribution < -0.4 is 10.2 Å². The third-order valence-electron chi connectivity index (χ3n) is 5.70. The lowest BCUT2D eigenvalue weighted by molar-refractivity contribution is 0.417. The van der Waals surface area contributed by atoms with Crippen LogP contribution in [0.3, 0.4) is 0 Å². The Morgan fingerprint density at radius 1 is 1.15 bits per heavy atom. The molecule has 0 saturated heterocycles. The summed E-state index contributed by atoms with van der Waals surface area (Å²) in [6.45, 7) is 0. The number of ether oxygens (including phenoxy) is 1. The molecular formula is C23H15FN4O4S. The number of rotatable bonds is 3. The van der Waals surface area contributed by atoms with Crippen molar-refractivity contribution in [1.29, 1.82) is 5.26 Å². The van der Waals surface area contributed by atoms with Crippen LogP contribution in [-0.2, 0) is 17.3 Å². The van der Waals surface area contributed by atoms with E-state index in [9.17, 15) is 22.4 Å². The number of nitriles is 1. The fourth-order valence-electron chi connectivity index (χ4n) is 4.11. The molecule has 164 valence electrons. The summed E-state index contributed by atoms with van der Waals surface area (Å²) in [7, 11) is -1.74. The number of benzene rings is 2. The summed E-state index contributed by atoms with van der Waals surface area (Å²) in [4.78, 5) is 20.0. The van der Waals surface area contributed by atoms with E-state index in [1.165, 1.54) is 13.3 Å². The molecule has 2 aromatic carbocycles. The van der Waals surface area contributed by atoms with Crippen LogP contribution >= 0.6 is 0 Å². The lowest BCUT2D eigenvalue weighted by Gasteiger charge is -2.14. The van der Waals surface area contributed by atoms with Crippen LogP contribution in [0.25, 0.3) is 44.0 Å². The van der Waals surface area contributed by atoms with Gasteiger partial charge in [-0.25, -0.2) is 0 Å². The zero-order chi connectivity index (χ0) is 23.5. The van der Waals surface area contributed by atoms with Gasteiger partial charge in [0.15, 0.2) is 5.43 Å². The molecule has 0 radical (unpaired) electrons. The Morgan fingerprint density at radius 3 is 2.64 bits per heavy atom. The van der Waals surface area contributed by atoms with Crippen LogP contribution in [0.5, 0.6) is 5.75 Å². The van der Waals surface area contributed by atoms with E-state index in [4.69, 9.17) is 4.74 Å². The molecule has 0 spiro atoms. The van der Waals surface area contributed by atoms with Crippen molar-refractivity contribution >= 4 is 43.1 Å². The highest BCUT2D eigenvalue weighted by Crippen LogP contribution is 2.35. The molecule has 10 heteroatoms. The highest BCUT2D eigenvalue weighted by Gasteiger charge is 2.19. The number of aromatic amines is 1. The molecule has 0 aliphatic heterocycles. The van der Waals surface area contributed by atoms with Crippen LogP contribution in [0.4, 0.5) is 3.89 Å². The van der Waals surface area contributed by atoms with E-state index in [2.05, 4.69) is 16.0 Å². The number of hydrogen-bond acceptors (Lipinski definition) is 6. The summed E-state index contributed by atoms with van der Waals surface area (Å²) in [6.07, 6.45) is 2.31. The fourth-order valence-corrected chi connectivity index (χ4v) is 4.57. The van der Waals surface area contributed by atoms with E-state index < -0.39 is 15.1 Å². The van der Waals surface area contributed by atoms with E-state index in [1.807, 2.05) is 0 Å².